The number of carbonyl (C=O) groups is 1. The minimum absolute atomic E-state index is 0.0757. The van der Waals surface area contributed by atoms with Crippen LogP contribution in [-0.2, 0) is 11.2 Å². The van der Waals surface area contributed by atoms with Crippen molar-refractivity contribution >= 4 is 5.91 Å². The predicted octanol–water partition coefficient (Wildman–Crippen LogP) is 0.831. The van der Waals surface area contributed by atoms with Crippen LogP contribution in [0.2, 0.25) is 0 Å². The zero-order chi connectivity index (χ0) is 12.3. The third kappa shape index (κ3) is 2.97. The Morgan fingerprint density at radius 2 is 2.18 bits per heavy atom. The average Bonchev–Trinajstić information content (AvgIpc) is 2.77. The second kappa shape index (κ2) is 5.19. The van der Waals surface area contributed by atoms with Gasteiger partial charge in [0.05, 0.1) is 19.6 Å². The van der Waals surface area contributed by atoms with Gasteiger partial charge in [0.15, 0.2) is 0 Å². The Kier molecular flexibility index (Phi) is 3.64. The van der Waals surface area contributed by atoms with E-state index in [9.17, 15) is 9.90 Å². The summed E-state index contributed by atoms with van der Waals surface area (Å²) in [6, 6.07) is 7.48. The van der Waals surface area contributed by atoms with Gasteiger partial charge in [0, 0.05) is 13.1 Å². The van der Waals surface area contributed by atoms with Crippen LogP contribution in [0.5, 0.6) is 5.75 Å². The molecule has 1 fully saturated rings. The van der Waals surface area contributed by atoms with Gasteiger partial charge >= 0.3 is 0 Å². The molecule has 1 N–H and O–H groups in total. The maximum absolute atomic E-state index is 11.9. The third-order valence-corrected chi connectivity index (χ3v) is 3.03. The van der Waals surface area contributed by atoms with Crippen LogP contribution in [0.1, 0.15) is 12.0 Å². The van der Waals surface area contributed by atoms with Gasteiger partial charge < -0.3 is 14.7 Å². The molecule has 1 aromatic carbocycles. The number of aliphatic hydroxyl groups is 1. The van der Waals surface area contributed by atoms with Gasteiger partial charge in [-0.15, -0.1) is 0 Å². The van der Waals surface area contributed by atoms with E-state index in [4.69, 9.17) is 4.74 Å². The monoisotopic (exact) mass is 235 g/mol. The lowest BCUT2D eigenvalue weighted by atomic mass is 10.1. The van der Waals surface area contributed by atoms with Crippen LogP contribution in [-0.4, -0.2) is 42.2 Å². The van der Waals surface area contributed by atoms with Crippen LogP contribution < -0.4 is 4.74 Å². The molecule has 92 valence electrons. The number of hydrogen-bond donors (Lipinski definition) is 1. The molecule has 1 amide bonds. The van der Waals surface area contributed by atoms with E-state index in [-0.39, 0.29) is 12.0 Å². The Morgan fingerprint density at radius 3 is 2.71 bits per heavy atom. The first-order chi connectivity index (χ1) is 8.19. The number of rotatable bonds is 3. The zero-order valence-corrected chi connectivity index (χ0v) is 9.93. The Morgan fingerprint density at radius 1 is 1.47 bits per heavy atom. The van der Waals surface area contributed by atoms with Crippen molar-refractivity contribution in [3.05, 3.63) is 29.8 Å². The van der Waals surface area contributed by atoms with Crippen LogP contribution in [0.4, 0.5) is 0 Å². The third-order valence-electron chi connectivity index (χ3n) is 3.03. The number of aliphatic hydroxyl groups excluding tert-OH is 1. The van der Waals surface area contributed by atoms with Gasteiger partial charge in [-0.3, -0.25) is 4.79 Å². The minimum atomic E-state index is -0.352. The number of hydrogen-bond acceptors (Lipinski definition) is 3. The van der Waals surface area contributed by atoms with Crippen LogP contribution in [0, 0.1) is 0 Å². The first-order valence-corrected chi connectivity index (χ1v) is 5.78. The summed E-state index contributed by atoms with van der Waals surface area (Å²) in [7, 11) is 1.62. The maximum Gasteiger partial charge on any atom is 0.227 e. The highest BCUT2D eigenvalue weighted by Crippen LogP contribution is 2.14. The molecule has 1 saturated heterocycles. The molecule has 0 radical (unpaired) electrons. The number of benzene rings is 1. The van der Waals surface area contributed by atoms with E-state index in [0.29, 0.717) is 25.9 Å². The molecule has 2 rings (SSSR count). The molecule has 1 atom stereocenters. The highest BCUT2D eigenvalue weighted by molar-refractivity contribution is 5.79. The van der Waals surface area contributed by atoms with Crippen LogP contribution in [0.3, 0.4) is 0 Å². The Bertz CT molecular complexity index is 388. The number of amides is 1. The molecular weight excluding hydrogens is 218 g/mol. The van der Waals surface area contributed by atoms with Gasteiger partial charge in [0.1, 0.15) is 5.75 Å². The number of nitrogens with zero attached hydrogens (tertiary/aromatic N) is 1. The molecule has 0 saturated carbocycles. The van der Waals surface area contributed by atoms with Gasteiger partial charge in [-0.25, -0.2) is 0 Å². The van der Waals surface area contributed by atoms with Gasteiger partial charge in [-0.05, 0) is 24.1 Å². The molecule has 0 bridgehead atoms. The van der Waals surface area contributed by atoms with E-state index in [1.807, 2.05) is 24.3 Å². The lowest BCUT2D eigenvalue weighted by Gasteiger charge is -2.15. The highest BCUT2D eigenvalue weighted by Gasteiger charge is 2.24. The summed E-state index contributed by atoms with van der Waals surface area (Å²) >= 11 is 0. The summed E-state index contributed by atoms with van der Waals surface area (Å²) in [5.41, 5.74) is 0.970. The lowest BCUT2D eigenvalue weighted by Crippen LogP contribution is -2.30. The van der Waals surface area contributed by atoms with E-state index >= 15 is 0 Å². The molecule has 0 aliphatic carbocycles. The topological polar surface area (TPSA) is 49.8 Å². The van der Waals surface area contributed by atoms with E-state index < -0.39 is 0 Å². The summed E-state index contributed by atoms with van der Waals surface area (Å²) < 4.78 is 5.06. The van der Waals surface area contributed by atoms with Crippen LogP contribution in [0.25, 0.3) is 0 Å². The number of carbonyl (C=O) groups excluding carboxylic acids is 1. The average molecular weight is 235 g/mol. The number of ether oxygens (including phenoxy) is 1. The van der Waals surface area contributed by atoms with Crippen molar-refractivity contribution in [2.75, 3.05) is 20.2 Å². The number of methoxy groups -OCH3 is 1. The minimum Gasteiger partial charge on any atom is -0.497 e. The second-order valence-corrected chi connectivity index (χ2v) is 4.31. The first kappa shape index (κ1) is 11.9. The summed E-state index contributed by atoms with van der Waals surface area (Å²) in [5.74, 6) is 0.865. The van der Waals surface area contributed by atoms with Gasteiger partial charge in [-0.2, -0.15) is 0 Å². The Balaban J connectivity index is 1.93. The molecule has 4 nitrogen and oxygen atoms in total. The van der Waals surface area contributed by atoms with Gasteiger partial charge in [-0.1, -0.05) is 12.1 Å². The molecule has 1 aromatic rings. The Labute approximate surface area is 101 Å². The number of likely N-dealkylation sites (tertiary alicyclic amines) is 1. The van der Waals surface area contributed by atoms with E-state index in [2.05, 4.69) is 0 Å². The largest absolute Gasteiger partial charge is 0.497 e. The normalized spacial score (nSPS) is 19.4. The molecule has 1 aliphatic heterocycles. The smallest absolute Gasteiger partial charge is 0.227 e. The molecule has 0 spiro atoms. The fourth-order valence-corrected chi connectivity index (χ4v) is 2.00. The number of β-amino-alcohol motifs (C(OH)–C–C–N with tert-alkyl or cyclic N) is 1. The molecule has 0 unspecified atom stereocenters. The van der Waals surface area contributed by atoms with Crippen molar-refractivity contribution in [3.63, 3.8) is 0 Å². The molecular formula is C13H17NO3. The molecule has 4 heteroatoms. The predicted molar refractivity (Wildman–Crippen MR) is 63.9 cm³/mol. The van der Waals surface area contributed by atoms with Crippen molar-refractivity contribution < 1.29 is 14.6 Å². The van der Waals surface area contributed by atoms with E-state index in [1.165, 1.54) is 0 Å². The van der Waals surface area contributed by atoms with Crippen molar-refractivity contribution in [2.45, 2.75) is 18.9 Å². The highest BCUT2D eigenvalue weighted by atomic mass is 16.5. The summed E-state index contributed by atoms with van der Waals surface area (Å²) in [5, 5.41) is 9.37. The molecule has 1 aliphatic rings. The van der Waals surface area contributed by atoms with Crippen molar-refractivity contribution in [3.8, 4) is 5.75 Å². The van der Waals surface area contributed by atoms with Crippen LogP contribution >= 0.6 is 0 Å². The summed E-state index contributed by atoms with van der Waals surface area (Å²) in [6.07, 6.45) is 0.722. The van der Waals surface area contributed by atoms with Crippen LogP contribution in [0.15, 0.2) is 24.3 Å². The second-order valence-electron chi connectivity index (χ2n) is 4.31. The Hall–Kier alpha value is -1.55. The molecule has 17 heavy (non-hydrogen) atoms. The molecule has 1 heterocycles. The van der Waals surface area contributed by atoms with Crippen molar-refractivity contribution in [1.29, 1.82) is 0 Å². The SMILES string of the molecule is COc1ccc(CC(=O)N2CC[C@H](O)C2)cc1. The zero-order valence-electron chi connectivity index (χ0n) is 9.93. The molecule has 0 aromatic heterocycles. The first-order valence-electron chi connectivity index (χ1n) is 5.78. The summed E-state index contributed by atoms with van der Waals surface area (Å²) in [6.45, 7) is 1.13. The van der Waals surface area contributed by atoms with Gasteiger partial charge in [0.2, 0.25) is 5.91 Å². The van der Waals surface area contributed by atoms with Gasteiger partial charge in [0.25, 0.3) is 0 Å². The lowest BCUT2D eigenvalue weighted by molar-refractivity contribution is -0.129. The quantitative estimate of drug-likeness (QED) is 0.844. The maximum atomic E-state index is 11.9. The van der Waals surface area contributed by atoms with Crippen molar-refractivity contribution in [1.82, 2.24) is 4.90 Å². The standard InChI is InChI=1S/C13H17NO3/c1-17-12-4-2-10(3-5-12)8-13(16)14-7-6-11(15)9-14/h2-5,11,15H,6-9H2,1H3/t11-/m0/s1. The fourth-order valence-electron chi connectivity index (χ4n) is 2.00. The summed E-state index contributed by atoms with van der Waals surface area (Å²) in [4.78, 5) is 13.6. The van der Waals surface area contributed by atoms with E-state index in [0.717, 1.165) is 11.3 Å². The van der Waals surface area contributed by atoms with E-state index in [1.54, 1.807) is 12.0 Å². The van der Waals surface area contributed by atoms with Crippen molar-refractivity contribution in [2.24, 2.45) is 0 Å². The fraction of sp³-hybridized carbons (Fsp3) is 0.462.